The number of aliphatic hydroxyl groups is 1. The maximum absolute atomic E-state index is 14.0. The number of aliphatic carboxylic acids is 1. The first-order valence-electron chi connectivity index (χ1n) is 18.0. The minimum Gasteiger partial charge on any atom is -0.480 e. The average molecular weight is 783 g/mol. The van der Waals surface area contributed by atoms with Crippen LogP contribution in [0.4, 0.5) is 0 Å². The van der Waals surface area contributed by atoms with Crippen LogP contribution < -0.4 is 49.5 Å². The minimum absolute atomic E-state index is 0.0359. The number of benzene rings is 2. The lowest BCUT2D eigenvalue weighted by Gasteiger charge is -2.28. The molecule has 19 heteroatoms. The largest absolute Gasteiger partial charge is 0.480 e. The second-order valence-corrected chi connectivity index (χ2v) is 13.6. The van der Waals surface area contributed by atoms with Gasteiger partial charge in [0.05, 0.1) is 18.6 Å². The number of carbonyl (C=O) groups excluding carboxylic acids is 6. The first-order chi connectivity index (χ1) is 26.4. The van der Waals surface area contributed by atoms with Crippen molar-refractivity contribution in [2.24, 2.45) is 33.8 Å². The SMILES string of the molecule is CC(C)[C@H](NC(=O)[C@H](CC(N)=O)NC(=O)[C@H](CCCN=C(N)N)NC(=O)[C@H](Cc1ccccc1)NC(=O)[C@@H](NC(=O)[C@@H](N)Cc1ccccc1)[C@@H](C)O)C(=O)O. The quantitative estimate of drug-likeness (QED) is 0.0311. The molecule has 19 nitrogen and oxygen atoms in total. The van der Waals surface area contributed by atoms with E-state index in [-0.39, 0.29) is 38.2 Å². The van der Waals surface area contributed by atoms with Gasteiger partial charge in [-0.05, 0) is 43.2 Å². The van der Waals surface area contributed by atoms with Crippen molar-refractivity contribution in [3.8, 4) is 0 Å². The van der Waals surface area contributed by atoms with E-state index in [1.165, 1.54) is 6.92 Å². The number of primary amides is 1. The number of rotatable bonds is 23. The van der Waals surface area contributed by atoms with Crippen LogP contribution in [-0.2, 0) is 46.4 Å². The van der Waals surface area contributed by atoms with E-state index in [0.29, 0.717) is 5.56 Å². The third-order valence-electron chi connectivity index (χ3n) is 8.46. The molecule has 2 aromatic carbocycles. The number of carboxylic acid groups (broad SMARTS) is 1. The molecule has 0 aromatic heterocycles. The van der Waals surface area contributed by atoms with Crippen LogP contribution in [0.25, 0.3) is 0 Å². The van der Waals surface area contributed by atoms with Crippen molar-refractivity contribution in [3.05, 3.63) is 71.8 Å². The van der Waals surface area contributed by atoms with Crippen molar-refractivity contribution < 1.29 is 43.8 Å². The molecule has 0 spiro atoms. The second-order valence-electron chi connectivity index (χ2n) is 13.6. The summed E-state index contributed by atoms with van der Waals surface area (Å²) in [6.45, 7) is 4.40. The van der Waals surface area contributed by atoms with Crippen molar-refractivity contribution in [1.29, 1.82) is 0 Å². The molecule has 0 fully saturated rings. The van der Waals surface area contributed by atoms with Gasteiger partial charge < -0.3 is 59.7 Å². The van der Waals surface area contributed by atoms with E-state index in [9.17, 15) is 43.8 Å². The van der Waals surface area contributed by atoms with Gasteiger partial charge in [0.1, 0.15) is 30.2 Å². The molecule has 56 heavy (non-hydrogen) atoms. The van der Waals surface area contributed by atoms with Gasteiger partial charge in [0.25, 0.3) is 0 Å². The number of aliphatic imine (C=N–C) groups is 1. The normalized spacial score (nSPS) is 14.7. The number of hydrogen-bond donors (Lipinski definition) is 11. The zero-order valence-electron chi connectivity index (χ0n) is 31.6. The molecule has 6 amide bonds. The summed E-state index contributed by atoms with van der Waals surface area (Å²) in [7, 11) is 0. The highest BCUT2D eigenvalue weighted by atomic mass is 16.4. The van der Waals surface area contributed by atoms with Gasteiger partial charge in [-0.1, -0.05) is 74.5 Å². The molecule has 0 aliphatic heterocycles. The van der Waals surface area contributed by atoms with Crippen molar-refractivity contribution in [2.45, 2.75) is 95.2 Å². The zero-order valence-corrected chi connectivity index (χ0v) is 31.6. The molecule has 2 aromatic rings. The predicted molar refractivity (Wildman–Crippen MR) is 206 cm³/mol. The molecule has 0 aliphatic rings. The first kappa shape index (κ1) is 46.1. The molecule has 0 radical (unpaired) electrons. The van der Waals surface area contributed by atoms with Crippen molar-refractivity contribution in [1.82, 2.24) is 26.6 Å². The molecule has 7 atom stereocenters. The molecule has 15 N–H and O–H groups in total. The van der Waals surface area contributed by atoms with Gasteiger partial charge in [-0.15, -0.1) is 0 Å². The average Bonchev–Trinajstić information content (AvgIpc) is 3.13. The highest BCUT2D eigenvalue weighted by molar-refractivity contribution is 5.97. The van der Waals surface area contributed by atoms with E-state index in [1.807, 2.05) is 0 Å². The number of nitrogens with two attached hydrogens (primary N) is 4. The van der Waals surface area contributed by atoms with Crippen LogP contribution in [0.3, 0.4) is 0 Å². The van der Waals surface area contributed by atoms with Crippen molar-refractivity contribution >= 4 is 47.4 Å². The van der Waals surface area contributed by atoms with E-state index < -0.39 is 96.1 Å². The van der Waals surface area contributed by atoms with Gasteiger partial charge in [0.2, 0.25) is 35.4 Å². The Morgan fingerprint density at radius 3 is 1.62 bits per heavy atom. The number of hydrogen-bond acceptors (Lipinski definition) is 10. The van der Waals surface area contributed by atoms with Crippen molar-refractivity contribution in [2.75, 3.05) is 6.54 Å². The number of nitrogens with one attached hydrogen (secondary N) is 5. The molecule has 2 rings (SSSR count). The molecular formula is C37H54N10O9. The Morgan fingerprint density at radius 1 is 0.643 bits per heavy atom. The number of carboxylic acids is 1. The Balaban J connectivity index is 2.38. The van der Waals surface area contributed by atoms with E-state index in [4.69, 9.17) is 22.9 Å². The fraction of sp³-hybridized carbons (Fsp3) is 0.459. The summed E-state index contributed by atoms with van der Waals surface area (Å²) < 4.78 is 0. The fourth-order valence-corrected chi connectivity index (χ4v) is 5.44. The number of nitrogens with zero attached hydrogens (tertiary/aromatic N) is 1. The smallest absolute Gasteiger partial charge is 0.326 e. The molecule has 0 saturated carbocycles. The number of guanidine groups is 1. The standard InChI is InChI=1S/C37H54N10O9/c1-20(2)29(36(55)56)46-34(53)27(19-28(39)49)44-32(51)25(15-10-16-42-37(40)41)43-33(52)26(18-23-13-8-5-9-14-23)45-35(54)30(21(3)48)47-31(50)24(38)17-22-11-6-4-7-12-22/h4-9,11-14,20-21,24-27,29-30,48H,10,15-19,38H2,1-3H3,(H2,39,49)(H,43,52)(H,44,51)(H,45,54)(H,46,53)(H,47,50)(H,55,56)(H4,40,41,42)/t21-,24+,25+,26+,27+,29+,30+/m1/s1. The van der Waals surface area contributed by atoms with Gasteiger partial charge in [-0.3, -0.25) is 33.8 Å². The maximum Gasteiger partial charge on any atom is 0.326 e. The summed E-state index contributed by atoms with van der Waals surface area (Å²) in [6.07, 6.45) is -2.07. The van der Waals surface area contributed by atoms with Crippen LogP contribution in [0, 0.1) is 5.92 Å². The summed E-state index contributed by atoms with van der Waals surface area (Å²) in [5.41, 5.74) is 23.7. The molecule has 0 unspecified atom stereocenters. The van der Waals surface area contributed by atoms with Gasteiger partial charge in [0, 0.05) is 13.0 Å². The minimum atomic E-state index is -1.62. The summed E-state index contributed by atoms with van der Waals surface area (Å²) in [6, 6.07) is 9.05. The van der Waals surface area contributed by atoms with Crippen molar-refractivity contribution in [3.63, 3.8) is 0 Å². The Morgan fingerprint density at radius 2 is 1.12 bits per heavy atom. The highest BCUT2D eigenvalue weighted by Crippen LogP contribution is 2.09. The van der Waals surface area contributed by atoms with Crippen LogP contribution in [-0.4, -0.2) is 106 Å². The van der Waals surface area contributed by atoms with E-state index >= 15 is 0 Å². The monoisotopic (exact) mass is 782 g/mol. The Labute approximate surface area is 324 Å². The summed E-state index contributed by atoms with van der Waals surface area (Å²) in [4.78, 5) is 95.1. The Hall–Kier alpha value is -6.08. The zero-order chi connectivity index (χ0) is 41.9. The van der Waals surface area contributed by atoms with Crippen LogP contribution in [0.2, 0.25) is 0 Å². The lowest BCUT2D eigenvalue weighted by Crippen LogP contribution is -2.61. The number of carbonyl (C=O) groups is 7. The van der Waals surface area contributed by atoms with Crippen LogP contribution in [0.1, 0.15) is 51.2 Å². The van der Waals surface area contributed by atoms with E-state index in [1.54, 1.807) is 74.5 Å². The van der Waals surface area contributed by atoms with Gasteiger partial charge in [-0.2, -0.15) is 0 Å². The Bertz CT molecular complexity index is 1670. The summed E-state index contributed by atoms with van der Waals surface area (Å²) in [5.74, 6) is -7.60. The molecule has 0 bridgehead atoms. The molecule has 306 valence electrons. The molecular weight excluding hydrogens is 728 g/mol. The fourth-order valence-electron chi connectivity index (χ4n) is 5.44. The number of amides is 6. The number of aliphatic hydroxyl groups excluding tert-OH is 1. The lowest BCUT2D eigenvalue weighted by atomic mass is 10.0. The van der Waals surface area contributed by atoms with Crippen LogP contribution in [0.5, 0.6) is 0 Å². The Kier molecular flexibility index (Phi) is 18.9. The molecule has 0 aliphatic carbocycles. The van der Waals surface area contributed by atoms with Crippen LogP contribution >= 0.6 is 0 Å². The highest BCUT2D eigenvalue weighted by Gasteiger charge is 2.35. The van der Waals surface area contributed by atoms with Gasteiger partial charge in [-0.25, -0.2) is 4.79 Å². The van der Waals surface area contributed by atoms with Gasteiger partial charge in [0.15, 0.2) is 5.96 Å². The van der Waals surface area contributed by atoms with Crippen LogP contribution in [0.15, 0.2) is 65.7 Å². The van der Waals surface area contributed by atoms with Gasteiger partial charge >= 0.3 is 5.97 Å². The third-order valence-corrected chi connectivity index (χ3v) is 8.46. The second kappa shape index (κ2) is 23.0. The maximum atomic E-state index is 14.0. The van der Waals surface area contributed by atoms with E-state index in [0.717, 1.165) is 5.56 Å². The predicted octanol–water partition coefficient (Wildman–Crippen LogP) is -2.73. The third kappa shape index (κ3) is 16.1. The molecule has 0 saturated heterocycles. The topological polar surface area (TPSA) is 337 Å². The summed E-state index contributed by atoms with van der Waals surface area (Å²) in [5, 5.41) is 32.3. The first-order valence-corrected chi connectivity index (χ1v) is 18.0. The molecule has 0 heterocycles. The van der Waals surface area contributed by atoms with E-state index in [2.05, 4.69) is 31.6 Å². The summed E-state index contributed by atoms with van der Waals surface area (Å²) >= 11 is 0. The lowest BCUT2D eigenvalue weighted by molar-refractivity contribution is -0.143.